The Labute approximate surface area is 134 Å². The first-order valence-electron chi connectivity index (χ1n) is 6.73. The third-order valence-corrected chi connectivity index (χ3v) is 3.33. The minimum Gasteiger partial charge on any atom is -0.508 e. The fourth-order valence-corrected chi connectivity index (χ4v) is 2.24. The van der Waals surface area contributed by atoms with E-state index < -0.39 is 10.7 Å². The van der Waals surface area contributed by atoms with Crippen LogP contribution < -0.4 is 0 Å². The van der Waals surface area contributed by atoms with Crippen LogP contribution in [0.5, 0.6) is 5.75 Å². The number of nitro benzene ring substituents is 1. The molecule has 0 bridgehead atoms. The molecule has 7 nitrogen and oxygen atoms in total. The summed E-state index contributed by atoms with van der Waals surface area (Å²) < 4.78 is 13.2. The highest BCUT2D eigenvalue weighted by Gasteiger charge is 2.15. The molecule has 0 spiro atoms. The van der Waals surface area contributed by atoms with Gasteiger partial charge in [-0.1, -0.05) is 0 Å². The molecule has 3 aromatic rings. The van der Waals surface area contributed by atoms with Gasteiger partial charge in [-0.15, -0.1) is 0 Å². The molecule has 0 saturated carbocycles. The summed E-state index contributed by atoms with van der Waals surface area (Å²) in [5.41, 5.74) is 0.667. The fraction of sp³-hybridized carbons (Fsp3) is 0. The van der Waals surface area contributed by atoms with E-state index in [4.69, 9.17) is 0 Å². The SMILES string of the molecule is N#C/C(=C/c1cc(O)ccc1[N+](=O)[O-])c1nc2ccc(F)cc2[nH]1. The zero-order valence-corrected chi connectivity index (χ0v) is 12.0. The van der Waals surface area contributed by atoms with Crippen molar-refractivity contribution < 1.29 is 14.4 Å². The number of hydrogen-bond donors (Lipinski definition) is 2. The average molecular weight is 324 g/mol. The van der Waals surface area contributed by atoms with Crippen molar-refractivity contribution in [3.8, 4) is 11.8 Å². The third kappa shape index (κ3) is 2.78. The molecule has 2 aromatic carbocycles. The van der Waals surface area contributed by atoms with E-state index in [2.05, 4.69) is 9.97 Å². The molecular weight excluding hydrogens is 315 g/mol. The van der Waals surface area contributed by atoms with E-state index in [0.29, 0.717) is 11.0 Å². The van der Waals surface area contributed by atoms with Crippen molar-refractivity contribution in [3.05, 3.63) is 63.7 Å². The van der Waals surface area contributed by atoms with E-state index in [1.165, 1.54) is 36.4 Å². The highest BCUT2D eigenvalue weighted by molar-refractivity contribution is 5.91. The van der Waals surface area contributed by atoms with E-state index >= 15 is 0 Å². The first kappa shape index (κ1) is 15.2. The molecule has 0 saturated heterocycles. The van der Waals surface area contributed by atoms with Gasteiger partial charge in [0.05, 0.1) is 27.1 Å². The number of hydrogen-bond acceptors (Lipinski definition) is 5. The molecule has 0 aliphatic carbocycles. The first-order valence-corrected chi connectivity index (χ1v) is 6.73. The number of aromatic amines is 1. The Balaban J connectivity index is 2.14. The molecule has 8 heteroatoms. The zero-order chi connectivity index (χ0) is 17.3. The summed E-state index contributed by atoms with van der Waals surface area (Å²) in [6.45, 7) is 0. The number of nitrogens with one attached hydrogen (secondary N) is 1. The van der Waals surface area contributed by atoms with Crippen molar-refractivity contribution in [2.24, 2.45) is 0 Å². The molecule has 118 valence electrons. The number of aromatic hydroxyl groups is 1. The van der Waals surface area contributed by atoms with Crippen molar-refractivity contribution in [1.29, 1.82) is 5.26 Å². The van der Waals surface area contributed by atoms with Gasteiger partial charge in [0.25, 0.3) is 5.69 Å². The molecule has 24 heavy (non-hydrogen) atoms. The lowest BCUT2D eigenvalue weighted by molar-refractivity contribution is -0.385. The smallest absolute Gasteiger partial charge is 0.276 e. The highest BCUT2D eigenvalue weighted by Crippen LogP contribution is 2.28. The van der Waals surface area contributed by atoms with Crippen molar-refractivity contribution >= 4 is 28.4 Å². The van der Waals surface area contributed by atoms with E-state index in [-0.39, 0.29) is 28.4 Å². The summed E-state index contributed by atoms with van der Waals surface area (Å²) >= 11 is 0. The summed E-state index contributed by atoms with van der Waals surface area (Å²) in [7, 11) is 0. The van der Waals surface area contributed by atoms with Crippen LogP contribution in [0.15, 0.2) is 36.4 Å². The first-order chi connectivity index (χ1) is 11.5. The Kier molecular flexibility index (Phi) is 3.67. The van der Waals surface area contributed by atoms with Crippen molar-refractivity contribution in [2.45, 2.75) is 0 Å². The quantitative estimate of drug-likeness (QED) is 0.435. The number of benzene rings is 2. The molecule has 0 amide bonds. The van der Waals surface area contributed by atoms with Crippen LogP contribution in [0.2, 0.25) is 0 Å². The number of nitrogens with zero attached hydrogens (tertiary/aromatic N) is 3. The van der Waals surface area contributed by atoms with Crippen LogP contribution in [0.4, 0.5) is 10.1 Å². The molecule has 0 atom stereocenters. The van der Waals surface area contributed by atoms with Crippen LogP contribution in [0.3, 0.4) is 0 Å². The van der Waals surface area contributed by atoms with Crippen LogP contribution in [0.25, 0.3) is 22.7 Å². The van der Waals surface area contributed by atoms with Gasteiger partial charge in [0.2, 0.25) is 0 Å². The summed E-state index contributed by atoms with van der Waals surface area (Å²) in [6, 6.07) is 9.33. The molecule has 0 fully saturated rings. The van der Waals surface area contributed by atoms with Gasteiger partial charge in [-0.05, 0) is 36.4 Å². The number of fused-ring (bicyclic) bond motifs is 1. The molecule has 3 rings (SSSR count). The number of aromatic nitrogens is 2. The molecule has 1 heterocycles. The van der Waals surface area contributed by atoms with Crippen molar-refractivity contribution in [1.82, 2.24) is 9.97 Å². The molecular formula is C16H9FN4O3. The minimum atomic E-state index is -0.617. The zero-order valence-electron chi connectivity index (χ0n) is 12.0. The second-order valence-electron chi connectivity index (χ2n) is 4.92. The second kappa shape index (κ2) is 5.81. The normalized spacial score (nSPS) is 11.4. The van der Waals surface area contributed by atoms with E-state index in [1.54, 1.807) is 0 Å². The van der Waals surface area contributed by atoms with E-state index in [1.807, 2.05) is 6.07 Å². The van der Waals surface area contributed by atoms with Gasteiger partial charge in [-0.3, -0.25) is 10.1 Å². The number of nitriles is 1. The molecule has 2 N–H and O–H groups in total. The minimum absolute atomic E-state index is 0.0142. The van der Waals surface area contributed by atoms with Gasteiger partial charge < -0.3 is 10.1 Å². The summed E-state index contributed by atoms with van der Waals surface area (Å²) in [4.78, 5) is 17.4. The monoisotopic (exact) mass is 324 g/mol. The maximum Gasteiger partial charge on any atom is 0.276 e. The van der Waals surface area contributed by atoms with Gasteiger partial charge in [-0.25, -0.2) is 9.37 Å². The molecule has 0 unspecified atom stereocenters. The number of phenolic OH excluding ortho intramolecular Hbond substituents is 1. The lowest BCUT2D eigenvalue weighted by atomic mass is 10.1. The molecule has 1 aromatic heterocycles. The van der Waals surface area contributed by atoms with E-state index in [0.717, 1.165) is 6.07 Å². The molecule has 0 aliphatic heterocycles. The maximum absolute atomic E-state index is 13.2. The largest absolute Gasteiger partial charge is 0.508 e. The van der Waals surface area contributed by atoms with Gasteiger partial charge in [0.1, 0.15) is 23.5 Å². The number of H-pyrrole nitrogens is 1. The predicted molar refractivity (Wildman–Crippen MR) is 84.3 cm³/mol. The van der Waals surface area contributed by atoms with Crippen molar-refractivity contribution in [2.75, 3.05) is 0 Å². The standard InChI is InChI=1S/C16H9FN4O3/c17-11-1-3-13-14(7-11)20-16(19-13)10(8-18)5-9-6-12(22)2-4-15(9)21(23)24/h1-7,22H,(H,19,20)/b10-5-. The highest BCUT2D eigenvalue weighted by atomic mass is 19.1. The van der Waals surface area contributed by atoms with Crippen molar-refractivity contribution in [3.63, 3.8) is 0 Å². The van der Waals surface area contributed by atoms with Gasteiger partial charge in [-0.2, -0.15) is 5.26 Å². The number of rotatable bonds is 3. The molecule has 0 aliphatic rings. The number of nitro groups is 1. The molecule has 0 radical (unpaired) electrons. The Morgan fingerprint density at radius 1 is 1.38 bits per heavy atom. The van der Waals surface area contributed by atoms with E-state index in [9.17, 15) is 24.9 Å². The maximum atomic E-state index is 13.2. The summed E-state index contributed by atoms with van der Waals surface area (Å²) in [6.07, 6.45) is 1.24. The van der Waals surface area contributed by atoms with Crippen LogP contribution in [0.1, 0.15) is 11.4 Å². The van der Waals surface area contributed by atoms with Crippen LogP contribution >= 0.6 is 0 Å². The fourth-order valence-electron chi connectivity index (χ4n) is 2.24. The third-order valence-electron chi connectivity index (χ3n) is 3.33. The lowest BCUT2D eigenvalue weighted by Crippen LogP contribution is -1.92. The Morgan fingerprint density at radius 2 is 2.17 bits per heavy atom. The number of phenols is 1. The topological polar surface area (TPSA) is 116 Å². The average Bonchev–Trinajstić information content (AvgIpc) is 2.95. The van der Waals surface area contributed by atoms with Gasteiger partial charge >= 0.3 is 0 Å². The van der Waals surface area contributed by atoms with Gasteiger partial charge in [0.15, 0.2) is 0 Å². The second-order valence-corrected chi connectivity index (χ2v) is 4.92. The number of allylic oxidation sites excluding steroid dienone is 1. The summed E-state index contributed by atoms with van der Waals surface area (Å²) in [5.74, 6) is -0.477. The number of imidazole rings is 1. The Morgan fingerprint density at radius 3 is 2.88 bits per heavy atom. The summed E-state index contributed by atoms with van der Waals surface area (Å²) in [5, 5.41) is 29.9. The van der Waals surface area contributed by atoms with Crippen LogP contribution in [-0.2, 0) is 0 Å². The van der Waals surface area contributed by atoms with Crippen LogP contribution in [-0.4, -0.2) is 20.0 Å². The Hall–Kier alpha value is -3.73. The van der Waals surface area contributed by atoms with Crippen LogP contribution in [0, 0.1) is 27.3 Å². The Bertz CT molecular complexity index is 1030. The van der Waals surface area contributed by atoms with Gasteiger partial charge in [0, 0.05) is 6.07 Å². The predicted octanol–water partition coefficient (Wildman–Crippen LogP) is 3.38. The lowest BCUT2D eigenvalue weighted by Gasteiger charge is -2.00. The number of halogens is 1.